The summed E-state index contributed by atoms with van der Waals surface area (Å²) in [5.74, 6) is 0.944. The van der Waals surface area contributed by atoms with Crippen molar-refractivity contribution in [1.82, 2.24) is 25.2 Å². The Bertz CT molecular complexity index is 732. The van der Waals surface area contributed by atoms with Crippen molar-refractivity contribution < 1.29 is 0 Å². The van der Waals surface area contributed by atoms with Crippen molar-refractivity contribution in [2.45, 2.75) is 24.8 Å². The fraction of sp³-hybridized carbons (Fsp3) is 0.250. The molecule has 0 amide bonds. The van der Waals surface area contributed by atoms with Crippen LogP contribution in [-0.2, 0) is 12.0 Å². The highest BCUT2D eigenvalue weighted by atomic mass is 15.5. The van der Waals surface area contributed by atoms with E-state index in [0.717, 1.165) is 24.4 Å². The van der Waals surface area contributed by atoms with Crippen LogP contribution in [0.3, 0.4) is 0 Å². The van der Waals surface area contributed by atoms with Gasteiger partial charge in [-0.3, -0.25) is 4.98 Å². The maximum atomic E-state index is 4.35. The molecule has 0 atom stereocenters. The van der Waals surface area contributed by atoms with E-state index < -0.39 is 0 Å². The lowest BCUT2D eigenvalue weighted by molar-refractivity contribution is 0.581. The Morgan fingerprint density at radius 3 is 2.52 bits per heavy atom. The number of pyridine rings is 1. The summed E-state index contributed by atoms with van der Waals surface area (Å²) >= 11 is 0. The van der Waals surface area contributed by atoms with Crippen LogP contribution in [0.25, 0.3) is 0 Å². The van der Waals surface area contributed by atoms with Crippen molar-refractivity contribution in [1.29, 1.82) is 0 Å². The monoisotopic (exact) mass is 277 g/mol. The standard InChI is InChI=1S/C16H15N5/c1-2-6-13(7-3-1)16(9-10-16)15-18-19-20-21(15)12-14-8-4-5-11-17-14/h1-8,11H,9-10,12H2. The van der Waals surface area contributed by atoms with Crippen LogP contribution >= 0.6 is 0 Å². The quantitative estimate of drug-likeness (QED) is 0.733. The summed E-state index contributed by atoms with van der Waals surface area (Å²) in [5.41, 5.74) is 2.25. The molecular formula is C16H15N5. The number of tetrazole rings is 1. The summed E-state index contributed by atoms with van der Waals surface area (Å²) in [4.78, 5) is 4.35. The van der Waals surface area contributed by atoms with Crippen LogP contribution in [0.2, 0.25) is 0 Å². The molecular weight excluding hydrogens is 262 g/mol. The second kappa shape index (κ2) is 4.77. The molecule has 1 aromatic carbocycles. The van der Waals surface area contributed by atoms with Gasteiger partial charge in [0.2, 0.25) is 0 Å². The van der Waals surface area contributed by atoms with Gasteiger partial charge >= 0.3 is 0 Å². The molecule has 2 heterocycles. The molecule has 0 bridgehead atoms. The van der Waals surface area contributed by atoms with Crippen LogP contribution < -0.4 is 0 Å². The lowest BCUT2D eigenvalue weighted by Gasteiger charge is -2.15. The van der Waals surface area contributed by atoms with Gasteiger partial charge in [-0.25, -0.2) is 4.68 Å². The first-order valence-electron chi connectivity index (χ1n) is 7.11. The molecule has 0 aliphatic heterocycles. The van der Waals surface area contributed by atoms with Crippen LogP contribution in [0.5, 0.6) is 0 Å². The van der Waals surface area contributed by atoms with Crippen LogP contribution in [0.15, 0.2) is 54.7 Å². The molecule has 5 heteroatoms. The van der Waals surface area contributed by atoms with Crippen LogP contribution in [0, 0.1) is 0 Å². The zero-order valence-electron chi connectivity index (χ0n) is 11.6. The largest absolute Gasteiger partial charge is 0.259 e. The molecule has 0 N–H and O–H groups in total. The van der Waals surface area contributed by atoms with E-state index >= 15 is 0 Å². The minimum absolute atomic E-state index is 0.0143. The Kier molecular flexibility index (Phi) is 2.77. The fourth-order valence-electron chi connectivity index (χ4n) is 2.82. The summed E-state index contributed by atoms with van der Waals surface area (Å²) in [6.45, 7) is 0.609. The van der Waals surface area contributed by atoms with Gasteiger partial charge in [0.05, 0.1) is 17.7 Å². The minimum Gasteiger partial charge on any atom is -0.259 e. The summed E-state index contributed by atoms with van der Waals surface area (Å²) in [6, 6.07) is 16.4. The topological polar surface area (TPSA) is 56.5 Å². The van der Waals surface area contributed by atoms with Crippen LogP contribution in [0.1, 0.15) is 29.9 Å². The Morgan fingerprint density at radius 2 is 1.81 bits per heavy atom. The van der Waals surface area contributed by atoms with E-state index in [1.165, 1.54) is 5.56 Å². The number of hydrogen-bond acceptors (Lipinski definition) is 4. The maximum Gasteiger partial charge on any atom is 0.162 e. The van der Waals surface area contributed by atoms with Crippen molar-refractivity contribution in [3.8, 4) is 0 Å². The second-order valence-corrected chi connectivity index (χ2v) is 5.43. The average molecular weight is 277 g/mol. The first kappa shape index (κ1) is 12.2. The Hall–Kier alpha value is -2.56. The SMILES string of the molecule is c1ccc(C2(c3nnnn3Cc3ccccn3)CC2)cc1. The molecule has 1 fully saturated rings. The Morgan fingerprint density at radius 1 is 1.00 bits per heavy atom. The van der Waals surface area contributed by atoms with Gasteiger partial charge in [-0.1, -0.05) is 36.4 Å². The van der Waals surface area contributed by atoms with E-state index in [9.17, 15) is 0 Å². The van der Waals surface area contributed by atoms with Crippen molar-refractivity contribution in [2.75, 3.05) is 0 Å². The molecule has 0 radical (unpaired) electrons. The van der Waals surface area contributed by atoms with E-state index in [4.69, 9.17) is 0 Å². The number of aromatic nitrogens is 5. The fourth-order valence-corrected chi connectivity index (χ4v) is 2.82. The van der Waals surface area contributed by atoms with Crippen molar-refractivity contribution in [3.05, 3.63) is 71.8 Å². The third kappa shape index (κ3) is 2.11. The molecule has 21 heavy (non-hydrogen) atoms. The van der Waals surface area contributed by atoms with Crippen LogP contribution in [-0.4, -0.2) is 25.2 Å². The van der Waals surface area contributed by atoms with Gasteiger partial charge < -0.3 is 0 Å². The maximum absolute atomic E-state index is 4.35. The van der Waals surface area contributed by atoms with Crippen molar-refractivity contribution >= 4 is 0 Å². The Balaban J connectivity index is 1.70. The summed E-state index contributed by atoms with van der Waals surface area (Å²) in [6.07, 6.45) is 3.99. The molecule has 0 unspecified atom stereocenters. The average Bonchev–Trinajstić information content (AvgIpc) is 3.23. The molecule has 0 saturated heterocycles. The molecule has 104 valence electrons. The molecule has 4 rings (SSSR count). The first-order valence-corrected chi connectivity index (χ1v) is 7.11. The zero-order chi connectivity index (χ0) is 14.1. The zero-order valence-corrected chi connectivity index (χ0v) is 11.6. The molecule has 2 aromatic heterocycles. The smallest absolute Gasteiger partial charge is 0.162 e. The van der Waals surface area contributed by atoms with Crippen molar-refractivity contribution in [2.24, 2.45) is 0 Å². The van der Waals surface area contributed by atoms with E-state index in [1.807, 2.05) is 28.9 Å². The third-order valence-electron chi connectivity index (χ3n) is 4.07. The lowest BCUT2D eigenvalue weighted by atomic mass is 9.95. The number of nitrogens with zero attached hydrogens (tertiary/aromatic N) is 5. The Labute approximate surface area is 122 Å². The van der Waals surface area contributed by atoms with Crippen LogP contribution in [0.4, 0.5) is 0 Å². The number of rotatable bonds is 4. The highest BCUT2D eigenvalue weighted by molar-refractivity contribution is 5.38. The van der Waals surface area contributed by atoms with Crippen molar-refractivity contribution in [3.63, 3.8) is 0 Å². The van der Waals surface area contributed by atoms with E-state index in [0.29, 0.717) is 6.54 Å². The highest BCUT2D eigenvalue weighted by Crippen LogP contribution is 2.52. The molecule has 1 aliphatic carbocycles. The minimum atomic E-state index is -0.0143. The normalized spacial score (nSPS) is 15.8. The highest BCUT2D eigenvalue weighted by Gasteiger charge is 2.50. The molecule has 1 aliphatic rings. The summed E-state index contributed by atoms with van der Waals surface area (Å²) in [5, 5.41) is 12.3. The van der Waals surface area contributed by atoms with Gasteiger partial charge in [0, 0.05) is 6.20 Å². The van der Waals surface area contributed by atoms with Gasteiger partial charge in [0.15, 0.2) is 5.82 Å². The molecule has 0 spiro atoms. The number of hydrogen-bond donors (Lipinski definition) is 0. The molecule has 5 nitrogen and oxygen atoms in total. The molecule has 1 saturated carbocycles. The lowest BCUT2D eigenvalue weighted by Crippen LogP contribution is -2.18. The van der Waals surface area contributed by atoms with E-state index in [2.05, 4.69) is 44.8 Å². The second-order valence-electron chi connectivity index (χ2n) is 5.43. The first-order chi connectivity index (χ1) is 10.4. The predicted molar refractivity (Wildman–Crippen MR) is 77.6 cm³/mol. The van der Waals surface area contributed by atoms with Gasteiger partial charge in [0.1, 0.15) is 0 Å². The van der Waals surface area contributed by atoms with Gasteiger partial charge in [-0.2, -0.15) is 0 Å². The number of benzene rings is 1. The van der Waals surface area contributed by atoms with Gasteiger partial charge in [-0.15, -0.1) is 5.10 Å². The van der Waals surface area contributed by atoms with E-state index in [1.54, 1.807) is 6.20 Å². The van der Waals surface area contributed by atoms with Gasteiger partial charge in [-0.05, 0) is 41.0 Å². The summed E-state index contributed by atoms with van der Waals surface area (Å²) in [7, 11) is 0. The van der Waals surface area contributed by atoms with Gasteiger partial charge in [0.25, 0.3) is 0 Å². The third-order valence-corrected chi connectivity index (χ3v) is 4.07. The van der Waals surface area contributed by atoms with E-state index in [-0.39, 0.29) is 5.41 Å². The summed E-state index contributed by atoms with van der Waals surface area (Å²) < 4.78 is 1.88. The molecule has 3 aromatic rings. The predicted octanol–water partition coefficient (Wildman–Crippen LogP) is 2.20.